The Labute approximate surface area is 103 Å². The van der Waals surface area contributed by atoms with Crippen molar-refractivity contribution in [3.8, 4) is 0 Å². The molecule has 2 rings (SSSR count). The largest absolute Gasteiger partial charge is 0.394 e. The molecular formula is C11H11ClN2OS. The van der Waals surface area contributed by atoms with Gasteiger partial charge in [0.15, 0.2) is 0 Å². The fraction of sp³-hybridized carbons (Fsp3) is 0.182. The highest BCUT2D eigenvalue weighted by atomic mass is 35.5. The Kier molecular flexibility index (Phi) is 3.77. The fourth-order valence-electron chi connectivity index (χ4n) is 1.39. The number of anilines is 1. The molecule has 16 heavy (non-hydrogen) atoms. The van der Waals surface area contributed by atoms with Crippen molar-refractivity contribution < 1.29 is 5.11 Å². The number of rotatable bonds is 4. The highest BCUT2D eigenvalue weighted by Crippen LogP contribution is 2.21. The first kappa shape index (κ1) is 11.4. The molecule has 2 aromatic rings. The van der Waals surface area contributed by atoms with E-state index in [0.717, 1.165) is 11.4 Å². The number of halogens is 1. The van der Waals surface area contributed by atoms with Crippen LogP contribution >= 0.6 is 22.9 Å². The molecule has 0 saturated carbocycles. The third-order valence-corrected chi connectivity index (χ3v) is 3.00. The molecule has 1 atom stereocenters. The maximum absolute atomic E-state index is 9.30. The van der Waals surface area contributed by atoms with Crippen LogP contribution in [0.5, 0.6) is 0 Å². The number of aromatic nitrogens is 1. The van der Waals surface area contributed by atoms with Gasteiger partial charge in [0, 0.05) is 16.1 Å². The van der Waals surface area contributed by atoms with Gasteiger partial charge in [-0.15, -0.1) is 11.3 Å². The van der Waals surface area contributed by atoms with Gasteiger partial charge < -0.3 is 10.4 Å². The van der Waals surface area contributed by atoms with E-state index in [1.54, 1.807) is 5.51 Å². The number of nitrogens with zero attached hydrogens (tertiary/aromatic N) is 1. The molecule has 0 bridgehead atoms. The molecule has 5 heteroatoms. The van der Waals surface area contributed by atoms with E-state index in [1.165, 1.54) is 11.3 Å². The first-order chi connectivity index (χ1) is 7.79. The van der Waals surface area contributed by atoms with Gasteiger partial charge in [-0.2, -0.15) is 0 Å². The number of hydrogen-bond donors (Lipinski definition) is 2. The lowest BCUT2D eigenvalue weighted by molar-refractivity contribution is 0.274. The van der Waals surface area contributed by atoms with E-state index in [2.05, 4.69) is 10.3 Å². The highest BCUT2D eigenvalue weighted by molar-refractivity contribution is 7.07. The number of nitrogens with one attached hydrogen (secondary N) is 1. The standard InChI is InChI=1S/C11H11ClN2OS/c12-8-2-1-3-9(4-8)14-10(5-15)11-6-16-7-13-11/h1-4,6-7,10,14-15H,5H2. The molecule has 3 nitrogen and oxygen atoms in total. The summed E-state index contributed by atoms with van der Waals surface area (Å²) in [6.07, 6.45) is 0. The lowest BCUT2D eigenvalue weighted by Crippen LogP contribution is -2.15. The summed E-state index contributed by atoms with van der Waals surface area (Å²) < 4.78 is 0. The zero-order chi connectivity index (χ0) is 11.4. The van der Waals surface area contributed by atoms with Crippen molar-refractivity contribution in [2.75, 3.05) is 11.9 Å². The van der Waals surface area contributed by atoms with Gasteiger partial charge in [0.2, 0.25) is 0 Å². The van der Waals surface area contributed by atoms with Gasteiger partial charge in [-0.05, 0) is 18.2 Å². The second-order valence-corrected chi connectivity index (χ2v) is 4.46. The van der Waals surface area contributed by atoms with Crippen molar-refractivity contribution >= 4 is 28.6 Å². The Morgan fingerprint density at radius 1 is 1.50 bits per heavy atom. The Bertz CT molecular complexity index is 447. The van der Waals surface area contributed by atoms with Gasteiger partial charge in [0.1, 0.15) is 0 Å². The van der Waals surface area contributed by atoms with Gasteiger partial charge in [-0.25, -0.2) is 4.98 Å². The van der Waals surface area contributed by atoms with Crippen LogP contribution in [0.25, 0.3) is 0 Å². The normalized spacial score (nSPS) is 12.4. The Hall–Kier alpha value is -1.10. The van der Waals surface area contributed by atoms with Crippen LogP contribution in [-0.2, 0) is 0 Å². The van der Waals surface area contributed by atoms with E-state index >= 15 is 0 Å². The van der Waals surface area contributed by atoms with Crippen LogP contribution < -0.4 is 5.32 Å². The molecule has 2 N–H and O–H groups in total. The molecule has 0 amide bonds. The van der Waals surface area contributed by atoms with Crippen LogP contribution in [-0.4, -0.2) is 16.7 Å². The van der Waals surface area contributed by atoms with Gasteiger partial charge in [0.05, 0.1) is 23.9 Å². The minimum atomic E-state index is -0.190. The summed E-state index contributed by atoms with van der Waals surface area (Å²) in [6.45, 7) is -0.00372. The van der Waals surface area contributed by atoms with Crippen LogP contribution in [0, 0.1) is 0 Å². The topological polar surface area (TPSA) is 45.1 Å². The molecule has 0 spiro atoms. The lowest BCUT2D eigenvalue weighted by Gasteiger charge is -2.15. The smallest absolute Gasteiger partial charge is 0.0926 e. The van der Waals surface area contributed by atoms with Gasteiger partial charge >= 0.3 is 0 Å². The van der Waals surface area contributed by atoms with Gasteiger partial charge in [-0.3, -0.25) is 0 Å². The molecule has 1 heterocycles. The summed E-state index contributed by atoms with van der Waals surface area (Å²) in [5.41, 5.74) is 3.46. The van der Waals surface area contributed by atoms with Crippen LogP contribution in [0.15, 0.2) is 35.2 Å². The van der Waals surface area contributed by atoms with Gasteiger partial charge in [-0.1, -0.05) is 17.7 Å². The van der Waals surface area contributed by atoms with Crippen LogP contribution in [0.3, 0.4) is 0 Å². The molecule has 0 aliphatic heterocycles. The zero-order valence-electron chi connectivity index (χ0n) is 8.43. The summed E-state index contributed by atoms with van der Waals surface area (Å²) in [5.74, 6) is 0. The lowest BCUT2D eigenvalue weighted by atomic mass is 10.2. The summed E-state index contributed by atoms with van der Waals surface area (Å²) in [4.78, 5) is 4.17. The predicted octanol–water partition coefficient (Wildman–Crippen LogP) is 2.94. The fourth-order valence-corrected chi connectivity index (χ4v) is 2.18. The monoisotopic (exact) mass is 254 g/mol. The molecule has 1 aromatic heterocycles. The minimum Gasteiger partial charge on any atom is -0.394 e. The number of aliphatic hydroxyl groups is 1. The van der Waals surface area contributed by atoms with Crippen molar-refractivity contribution in [3.05, 3.63) is 45.9 Å². The molecule has 84 valence electrons. The van der Waals surface area contributed by atoms with E-state index in [9.17, 15) is 5.11 Å². The summed E-state index contributed by atoms with van der Waals surface area (Å²) in [7, 11) is 0. The van der Waals surface area contributed by atoms with Crippen molar-refractivity contribution in [1.29, 1.82) is 0 Å². The minimum absolute atomic E-state index is 0.00372. The van der Waals surface area contributed by atoms with Crippen molar-refractivity contribution in [3.63, 3.8) is 0 Å². The quantitative estimate of drug-likeness (QED) is 0.882. The van der Waals surface area contributed by atoms with Crippen LogP contribution in [0.1, 0.15) is 11.7 Å². The average molecular weight is 255 g/mol. The summed E-state index contributed by atoms with van der Waals surface area (Å²) >= 11 is 7.39. The third-order valence-electron chi connectivity index (χ3n) is 2.16. The Morgan fingerprint density at radius 3 is 3.00 bits per heavy atom. The van der Waals surface area contributed by atoms with Crippen LogP contribution in [0.4, 0.5) is 5.69 Å². The molecule has 1 unspecified atom stereocenters. The number of aliphatic hydroxyl groups excluding tert-OH is 1. The molecule has 0 fully saturated rings. The van der Waals surface area contributed by atoms with Gasteiger partial charge in [0.25, 0.3) is 0 Å². The molecule has 1 aromatic carbocycles. The first-order valence-corrected chi connectivity index (χ1v) is 6.12. The maximum atomic E-state index is 9.30. The SMILES string of the molecule is OCC(Nc1cccc(Cl)c1)c1cscn1. The molecule has 0 aliphatic carbocycles. The third kappa shape index (κ3) is 2.72. The average Bonchev–Trinajstić information content (AvgIpc) is 2.79. The van der Waals surface area contributed by atoms with E-state index < -0.39 is 0 Å². The maximum Gasteiger partial charge on any atom is 0.0926 e. The first-order valence-electron chi connectivity index (χ1n) is 4.80. The second kappa shape index (κ2) is 5.30. The Balaban J connectivity index is 2.13. The number of thiazole rings is 1. The number of benzene rings is 1. The zero-order valence-corrected chi connectivity index (χ0v) is 10.0. The second-order valence-electron chi connectivity index (χ2n) is 3.30. The highest BCUT2D eigenvalue weighted by Gasteiger charge is 2.11. The van der Waals surface area contributed by atoms with E-state index in [4.69, 9.17) is 11.6 Å². The molecule has 0 saturated heterocycles. The van der Waals surface area contributed by atoms with E-state index in [-0.39, 0.29) is 12.6 Å². The van der Waals surface area contributed by atoms with E-state index in [0.29, 0.717) is 5.02 Å². The molecule has 0 aliphatic rings. The van der Waals surface area contributed by atoms with Crippen molar-refractivity contribution in [2.24, 2.45) is 0 Å². The van der Waals surface area contributed by atoms with E-state index in [1.807, 2.05) is 29.6 Å². The predicted molar refractivity (Wildman–Crippen MR) is 67.0 cm³/mol. The number of hydrogen-bond acceptors (Lipinski definition) is 4. The summed E-state index contributed by atoms with van der Waals surface area (Å²) in [5, 5.41) is 15.1. The van der Waals surface area contributed by atoms with Crippen LogP contribution in [0.2, 0.25) is 5.02 Å². The molecular weight excluding hydrogens is 244 g/mol. The summed E-state index contributed by atoms with van der Waals surface area (Å²) in [6, 6.07) is 7.20. The van der Waals surface area contributed by atoms with Crippen molar-refractivity contribution in [1.82, 2.24) is 4.98 Å². The van der Waals surface area contributed by atoms with Crippen molar-refractivity contribution in [2.45, 2.75) is 6.04 Å². The molecule has 0 radical (unpaired) electrons. The Morgan fingerprint density at radius 2 is 2.38 bits per heavy atom.